The molecule has 1 aromatic heterocycles. The number of amides is 1. The van der Waals surface area contributed by atoms with Gasteiger partial charge in [-0.05, 0) is 25.0 Å². The molecule has 128 valence electrons. The third kappa shape index (κ3) is 3.44. The van der Waals surface area contributed by atoms with Gasteiger partial charge in [-0.3, -0.25) is 4.79 Å². The first kappa shape index (κ1) is 16.9. The Hall–Kier alpha value is -1.92. The average molecular weight is 349 g/mol. The highest BCUT2D eigenvalue weighted by Gasteiger charge is 2.24. The molecule has 1 fully saturated rings. The fraction of sp³-hybridized carbons (Fsp3) is 0.471. The minimum Gasteiger partial charge on any atom is -0.376 e. The highest BCUT2D eigenvalue weighted by atomic mass is 35.5. The summed E-state index contributed by atoms with van der Waals surface area (Å²) in [6.45, 7) is 3.30. The topological polar surface area (TPSA) is 60.3 Å². The van der Waals surface area contributed by atoms with Gasteiger partial charge in [0.15, 0.2) is 0 Å². The van der Waals surface area contributed by atoms with Gasteiger partial charge in [0.2, 0.25) is 5.82 Å². The van der Waals surface area contributed by atoms with Gasteiger partial charge in [-0.2, -0.15) is 0 Å². The molecule has 1 amide bonds. The summed E-state index contributed by atoms with van der Waals surface area (Å²) in [4.78, 5) is 18.7. The number of rotatable bonds is 5. The molecule has 0 radical (unpaired) electrons. The van der Waals surface area contributed by atoms with Crippen molar-refractivity contribution < 1.29 is 9.53 Å². The maximum atomic E-state index is 12.6. The second-order valence-corrected chi connectivity index (χ2v) is 6.30. The van der Waals surface area contributed by atoms with E-state index in [-0.39, 0.29) is 17.8 Å². The van der Waals surface area contributed by atoms with Crippen molar-refractivity contribution in [3.05, 3.63) is 40.9 Å². The number of aryl methyl sites for hydroxylation is 1. The molecule has 0 aliphatic carbocycles. The number of benzene rings is 1. The van der Waals surface area contributed by atoms with E-state index in [0.717, 1.165) is 25.1 Å². The first-order chi connectivity index (χ1) is 11.6. The lowest BCUT2D eigenvalue weighted by atomic mass is 10.2. The maximum absolute atomic E-state index is 12.6. The molecule has 0 bridgehead atoms. The Labute approximate surface area is 146 Å². The third-order valence-electron chi connectivity index (χ3n) is 4.11. The lowest BCUT2D eigenvalue weighted by Gasteiger charge is -2.19. The number of carbonyl (C=O) groups is 1. The van der Waals surface area contributed by atoms with Crippen LogP contribution < -0.4 is 0 Å². The molecule has 2 aromatic rings. The number of aromatic nitrogens is 3. The van der Waals surface area contributed by atoms with E-state index in [1.807, 2.05) is 25.1 Å². The Morgan fingerprint density at radius 3 is 2.92 bits per heavy atom. The molecule has 0 unspecified atom stereocenters. The quantitative estimate of drug-likeness (QED) is 0.833. The summed E-state index contributed by atoms with van der Waals surface area (Å²) < 4.78 is 7.24. The van der Waals surface area contributed by atoms with E-state index in [0.29, 0.717) is 23.8 Å². The van der Waals surface area contributed by atoms with E-state index in [1.165, 1.54) is 0 Å². The van der Waals surface area contributed by atoms with Crippen molar-refractivity contribution in [2.75, 3.05) is 20.2 Å². The van der Waals surface area contributed by atoms with Crippen molar-refractivity contribution in [2.45, 2.75) is 32.3 Å². The lowest BCUT2D eigenvalue weighted by Crippen LogP contribution is -2.34. The van der Waals surface area contributed by atoms with E-state index < -0.39 is 0 Å². The highest BCUT2D eigenvalue weighted by Crippen LogP contribution is 2.21. The van der Waals surface area contributed by atoms with Gasteiger partial charge >= 0.3 is 0 Å². The molecule has 1 saturated heterocycles. The summed E-state index contributed by atoms with van der Waals surface area (Å²) in [5.74, 6) is 0.690. The Kier molecular flexibility index (Phi) is 5.16. The van der Waals surface area contributed by atoms with Crippen LogP contribution in [0, 0.1) is 0 Å². The zero-order chi connectivity index (χ0) is 17.1. The Morgan fingerprint density at radius 1 is 1.46 bits per heavy atom. The number of ether oxygens (including phenoxy) is 1. The van der Waals surface area contributed by atoms with Crippen molar-refractivity contribution in [2.24, 2.45) is 0 Å². The number of likely N-dealkylation sites (N-methyl/N-ethyl adjacent to an activating group) is 1. The fourth-order valence-electron chi connectivity index (χ4n) is 2.83. The predicted molar refractivity (Wildman–Crippen MR) is 91.7 cm³/mol. The van der Waals surface area contributed by atoms with Crippen molar-refractivity contribution in [1.82, 2.24) is 19.7 Å². The van der Waals surface area contributed by atoms with Gasteiger partial charge in [-0.15, -0.1) is 5.10 Å². The maximum Gasteiger partial charge on any atom is 0.293 e. The van der Waals surface area contributed by atoms with Gasteiger partial charge < -0.3 is 9.64 Å². The molecule has 0 N–H and O–H groups in total. The molecule has 1 atom stereocenters. The molecule has 2 heterocycles. The van der Waals surface area contributed by atoms with Crippen LogP contribution in [0.25, 0.3) is 5.69 Å². The first-order valence-corrected chi connectivity index (χ1v) is 8.56. The molecule has 1 aromatic carbocycles. The summed E-state index contributed by atoms with van der Waals surface area (Å²) in [5, 5.41) is 4.97. The molecule has 1 aliphatic heterocycles. The third-order valence-corrected chi connectivity index (χ3v) is 4.43. The van der Waals surface area contributed by atoms with E-state index in [1.54, 1.807) is 22.7 Å². The highest BCUT2D eigenvalue weighted by molar-refractivity contribution is 6.32. The second-order valence-electron chi connectivity index (χ2n) is 5.89. The summed E-state index contributed by atoms with van der Waals surface area (Å²) in [6.07, 6.45) is 2.79. The number of hydrogen-bond acceptors (Lipinski definition) is 4. The van der Waals surface area contributed by atoms with Crippen LogP contribution in [0.2, 0.25) is 5.02 Å². The average Bonchev–Trinajstić information content (AvgIpc) is 3.23. The molecule has 1 aliphatic rings. The van der Waals surface area contributed by atoms with Crippen LogP contribution in [0.3, 0.4) is 0 Å². The molecule has 0 spiro atoms. The van der Waals surface area contributed by atoms with Crippen LogP contribution in [-0.2, 0) is 11.2 Å². The lowest BCUT2D eigenvalue weighted by molar-refractivity contribution is 0.0578. The number of nitrogens with zero attached hydrogens (tertiary/aromatic N) is 4. The van der Waals surface area contributed by atoms with E-state index in [9.17, 15) is 4.79 Å². The Balaban J connectivity index is 1.83. The van der Waals surface area contributed by atoms with Gasteiger partial charge in [0.25, 0.3) is 5.91 Å². The Bertz CT molecular complexity index is 725. The van der Waals surface area contributed by atoms with E-state index in [4.69, 9.17) is 16.3 Å². The van der Waals surface area contributed by atoms with Crippen LogP contribution in [-0.4, -0.2) is 51.9 Å². The van der Waals surface area contributed by atoms with Gasteiger partial charge in [0.1, 0.15) is 5.82 Å². The molecule has 7 heteroatoms. The van der Waals surface area contributed by atoms with Crippen molar-refractivity contribution >= 4 is 17.5 Å². The van der Waals surface area contributed by atoms with Gasteiger partial charge in [-0.1, -0.05) is 30.7 Å². The number of para-hydroxylation sites is 1. The first-order valence-electron chi connectivity index (χ1n) is 8.18. The molecule has 6 nitrogen and oxygen atoms in total. The summed E-state index contributed by atoms with van der Waals surface area (Å²) in [7, 11) is 1.76. The van der Waals surface area contributed by atoms with Crippen molar-refractivity contribution in [1.29, 1.82) is 0 Å². The second kappa shape index (κ2) is 7.32. The minimum absolute atomic E-state index is 0.107. The van der Waals surface area contributed by atoms with Crippen LogP contribution in [0.1, 0.15) is 36.2 Å². The zero-order valence-electron chi connectivity index (χ0n) is 13.9. The normalized spacial score (nSPS) is 17.2. The minimum atomic E-state index is -0.203. The van der Waals surface area contributed by atoms with Crippen LogP contribution >= 0.6 is 11.6 Å². The van der Waals surface area contributed by atoms with Gasteiger partial charge in [-0.25, -0.2) is 9.67 Å². The van der Waals surface area contributed by atoms with Crippen molar-refractivity contribution in [3.8, 4) is 5.69 Å². The standard InChI is InChI=1S/C17H21ClN4O2/c1-3-15-19-16(17(23)21(2)11-12-7-6-10-24-12)20-22(15)14-9-5-4-8-13(14)18/h4-5,8-9,12H,3,6-7,10-11H2,1-2H3/t12-/m1/s1. The monoisotopic (exact) mass is 348 g/mol. The zero-order valence-corrected chi connectivity index (χ0v) is 14.7. The smallest absolute Gasteiger partial charge is 0.293 e. The summed E-state index contributed by atoms with van der Waals surface area (Å²) >= 11 is 6.25. The summed E-state index contributed by atoms with van der Waals surface area (Å²) in [6, 6.07) is 7.40. The molecular weight excluding hydrogens is 328 g/mol. The van der Waals surface area contributed by atoms with Gasteiger partial charge in [0.05, 0.1) is 16.8 Å². The molecular formula is C17H21ClN4O2. The number of halogens is 1. The fourth-order valence-corrected chi connectivity index (χ4v) is 3.04. The van der Waals surface area contributed by atoms with E-state index in [2.05, 4.69) is 10.1 Å². The van der Waals surface area contributed by atoms with Crippen LogP contribution in [0.5, 0.6) is 0 Å². The van der Waals surface area contributed by atoms with E-state index >= 15 is 0 Å². The number of carbonyl (C=O) groups excluding carboxylic acids is 1. The molecule has 0 saturated carbocycles. The predicted octanol–water partition coefficient (Wildman–Crippen LogP) is 2.73. The largest absolute Gasteiger partial charge is 0.376 e. The van der Waals surface area contributed by atoms with Crippen molar-refractivity contribution in [3.63, 3.8) is 0 Å². The van der Waals surface area contributed by atoms with Gasteiger partial charge in [0, 0.05) is 26.6 Å². The number of hydrogen-bond donors (Lipinski definition) is 0. The SMILES string of the molecule is CCc1nc(C(=O)N(C)C[C@H]2CCCO2)nn1-c1ccccc1Cl. The van der Waals surface area contributed by atoms with Crippen LogP contribution in [0.15, 0.2) is 24.3 Å². The summed E-state index contributed by atoms with van der Waals surface area (Å²) in [5.41, 5.74) is 0.726. The van der Waals surface area contributed by atoms with Crippen LogP contribution in [0.4, 0.5) is 0 Å². The molecule has 24 heavy (non-hydrogen) atoms. The molecule has 3 rings (SSSR count). The Morgan fingerprint density at radius 2 is 2.25 bits per heavy atom.